The fraction of sp³-hybridized carbons (Fsp3) is 0.955. The molecular formula is C22H40O13. The summed E-state index contributed by atoms with van der Waals surface area (Å²) in [5, 5.41) is 70.1. The third-order valence-corrected chi connectivity index (χ3v) is 6.25. The largest absolute Gasteiger partial charge is 0.469 e. The zero-order chi connectivity index (χ0) is 26.0. The number of unbranched alkanes of at least 4 members (excludes halogenated alkanes) is 5. The normalized spacial score (nSPS) is 37.8. The molecule has 13 nitrogen and oxygen atoms in total. The van der Waals surface area contributed by atoms with E-state index in [1.165, 1.54) is 7.11 Å². The Morgan fingerprint density at radius 3 is 1.91 bits per heavy atom. The van der Waals surface area contributed by atoms with Gasteiger partial charge in [0.25, 0.3) is 0 Å². The van der Waals surface area contributed by atoms with Gasteiger partial charge in [-0.15, -0.1) is 0 Å². The van der Waals surface area contributed by atoms with Crippen LogP contribution in [-0.4, -0.2) is 130 Å². The van der Waals surface area contributed by atoms with Crippen molar-refractivity contribution in [1.29, 1.82) is 0 Å². The lowest BCUT2D eigenvalue weighted by Gasteiger charge is -2.45. The Morgan fingerprint density at radius 2 is 1.29 bits per heavy atom. The molecule has 0 aromatic rings. The van der Waals surface area contributed by atoms with Gasteiger partial charge >= 0.3 is 5.97 Å². The maximum Gasteiger partial charge on any atom is 0.305 e. The molecule has 35 heavy (non-hydrogen) atoms. The van der Waals surface area contributed by atoms with Gasteiger partial charge in [0.1, 0.15) is 48.8 Å². The van der Waals surface area contributed by atoms with Crippen molar-refractivity contribution >= 4 is 5.97 Å². The predicted octanol–water partition coefficient (Wildman–Crippen LogP) is -2.47. The molecule has 0 radical (unpaired) electrons. The van der Waals surface area contributed by atoms with Crippen LogP contribution in [0.4, 0.5) is 0 Å². The molecule has 2 aliphatic rings. The second kappa shape index (κ2) is 15.3. The van der Waals surface area contributed by atoms with Crippen molar-refractivity contribution in [3.05, 3.63) is 0 Å². The molecular weight excluding hydrogens is 472 g/mol. The summed E-state index contributed by atoms with van der Waals surface area (Å²) in [6, 6.07) is 0. The number of carbonyl (C=O) groups excluding carboxylic acids is 1. The second-order valence-corrected chi connectivity index (χ2v) is 8.82. The molecule has 2 rings (SSSR count). The number of hydrogen-bond acceptors (Lipinski definition) is 13. The van der Waals surface area contributed by atoms with Crippen molar-refractivity contribution in [2.45, 2.75) is 106 Å². The average Bonchev–Trinajstić information content (AvgIpc) is 2.86. The molecule has 2 heterocycles. The molecule has 0 spiro atoms. The monoisotopic (exact) mass is 512 g/mol. The second-order valence-electron chi connectivity index (χ2n) is 8.82. The van der Waals surface area contributed by atoms with Gasteiger partial charge in [0.05, 0.1) is 20.3 Å². The van der Waals surface area contributed by atoms with Gasteiger partial charge in [-0.25, -0.2) is 0 Å². The van der Waals surface area contributed by atoms with E-state index >= 15 is 0 Å². The Kier molecular flexibility index (Phi) is 13.2. The van der Waals surface area contributed by atoms with Crippen LogP contribution in [0.15, 0.2) is 0 Å². The van der Waals surface area contributed by atoms with Gasteiger partial charge in [-0.1, -0.05) is 25.7 Å². The van der Waals surface area contributed by atoms with E-state index in [1.807, 2.05) is 0 Å². The highest BCUT2D eigenvalue weighted by Crippen LogP contribution is 2.29. The molecule has 0 saturated carbocycles. The van der Waals surface area contributed by atoms with Crippen LogP contribution in [0.25, 0.3) is 0 Å². The number of ether oxygens (including phenoxy) is 5. The van der Waals surface area contributed by atoms with Gasteiger partial charge in [-0.2, -0.15) is 0 Å². The minimum atomic E-state index is -1.73. The van der Waals surface area contributed by atoms with E-state index in [4.69, 9.17) is 18.9 Å². The minimum Gasteiger partial charge on any atom is -0.469 e. The zero-order valence-corrected chi connectivity index (χ0v) is 19.9. The number of aliphatic hydroxyl groups excluding tert-OH is 7. The Labute approximate surface area is 204 Å². The number of carbonyl (C=O) groups is 1. The van der Waals surface area contributed by atoms with Crippen LogP contribution in [-0.2, 0) is 28.5 Å². The van der Waals surface area contributed by atoms with Gasteiger partial charge in [-0.3, -0.25) is 4.79 Å². The lowest BCUT2D eigenvalue weighted by atomic mass is 9.97. The first-order valence-electron chi connectivity index (χ1n) is 12.0. The van der Waals surface area contributed by atoms with Crippen molar-refractivity contribution in [2.24, 2.45) is 0 Å². The highest BCUT2D eigenvalue weighted by atomic mass is 16.7. The number of esters is 1. The Morgan fingerprint density at radius 1 is 0.714 bits per heavy atom. The summed E-state index contributed by atoms with van der Waals surface area (Å²) in [6.45, 7) is -1.04. The van der Waals surface area contributed by atoms with E-state index in [-0.39, 0.29) is 12.6 Å². The van der Waals surface area contributed by atoms with E-state index in [9.17, 15) is 40.5 Å². The maximum absolute atomic E-state index is 11.1. The molecule has 2 saturated heterocycles. The Bertz CT molecular complexity index is 606. The number of rotatable bonds is 14. The quantitative estimate of drug-likeness (QED) is 0.0953. The van der Waals surface area contributed by atoms with E-state index in [2.05, 4.69) is 4.74 Å². The number of hydrogen-bond donors (Lipinski definition) is 7. The molecule has 0 unspecified atom stereocenters. The third kappa shape index (κ3) is 8.54. The summed E-state index contributed by atoms with van der Waals surface area (Å²) in [6.07, 6.45) is -9.24. The van der Waals surface area contributed by atoms with Gasteiger partial charge < -0.3 is 59.4 Å². The third-order valence-electron chi connectivity index (χ3n) is 6.25. The van der Waals surface area contributed by atoms with Gasteiger partial charge in [-0.05, 0) is 12.8 Å². The van der Waals surface area contributed by atoms with Gasteiger partial charge in [0.15, 0.2) is 12.6 Å². The summed E-state index contributed by atoms with van der Waals surface area (Å²) in [7, 11) is 1.36. The summed E-state index contributed by atoms with van der Waals surface area (Å²) in [5.41, 5.74) is 0. The van der Waals surface area contributed by atoms with Crippen LogP contribution in [0.2, 0.25) is 0 Å². The molecule has 0 amide bonds. The lowest BCUT2D eigenvalue weighted by molar-refractivity contribution is -0.360. The molecule has 0 bridgehead atoms. The highest BCUT2D eigenvalue weighted by Gasteiger charge is 2.50. The summed E-state index contributed by atoms with van der Waals surface area (Å²) >= 11 is 0. The van der Waals surface area contributed by atoms with Crippen molar-refractivity contribution in [3.63, 3.8) is 0 Å². The summed E-state index contributed by atoms with van der Waals surface area (Å²) < 4.78 is 26.5. The van der Waals surface area contributed by atoms with E-state index in [1.54, 1.807) is 0 Å². The van der Waals surface area contributed by atoms with Crippen LogP contribution in [0.1, 0.15) is 44.9 Å². The van der Waals surface area contributed by atoms with E-state index in [0.29, 0.717) is 12.8 Å². The number of methoxy groups -OCH3 is 1. The van der Waals surface area contributed by atoms with Crippen LogP contribution in [0.3, 0.4) is 0 Å². The topological polar surface area (TPSA) is 205 Å². The van der Waals surface area contributed by atoms with Crippen LogP contribution >= 0.6 is 0 Å². The standard InChI is InChI=1S/C22H40O13/c1-31-14(25)8-6-4-2-3-5-7-9-32-21-19(30)20(16(27)13(11-24)33-21)35-22-18(29)17(28)15(26)12(10-23)34-22/h12-13,15-24,26-30H,2-11H2,1H3/t12-,13-,15-,16-,17+,18-,19+,20+,21+,22-/m1/s1. The smallest absolute Gasteiger partial charge is 0.305 e. The maximum atomic E-state index is 11.1. The van der Waals surface area contributed by atoms with Crippen LogP contribution in [0, 0.1) is 0 Å². The fourth-order valence-corrected chi connectivity index (χ4v) is 4.07. The fourth-order valence-electron chi connectivity index (χ4n) is 4.07. The Hall–Kier alpha value is -0.970. The van der Waals surface area contributed by atoms with Gasteiger partial charge in [0.2, 0.25) is 0 Å². The molecule has 2 fully saturated rings. The number of aliphatic hydroxyl groups is 7. The Balaban J connectivity index is 1.82. The molecule has 13 heteroatoms. The van der Waals surface area contributed by atoms with Crippen LogP contribution in [0.5, 0.6) is 0 Å². The minimum absolute atomic E-state index is 0.218. The van der Waals surface area contributed by atoms with Crippen molar-refractivity contribution in [1.82, 2.24) is 0 Å². The van der Waals surface area contributed by atoms with E-state index < -0.39 is 74.6 Å². The molecule has 0 aromatic carbocycles. The molecule has 2 aliphatic heterocycles. The summed E-state index contributed by atoms with van der Waals surface area (Å²) in [5.74, 6) is -0.218. The van der Waals surface area contributed by atoms with Crippen LogP contribution < -0.4 is 0 Å². The van der Waals surface area contributed by atoms with Crippen molar-refractivity contribution in [2.75, 3.05) is 26.9 Å². The molecule has 0 aliphatic carbocycles. The average molecular weight is 513 g/mol. The van der Waals surface area contributed by atoms with Crippen molar-refractivity contribution < 1.29 is 64.2 Å². The van der Waals surface area contributed by atoms with E-state index in [0.717, 1.165) is 32.1 Å². The zero-order valence-electron chi connectivity index (χ0n) is 19.9. The first-order chi connectivity index (χ1) is 16.7. The predicted molar refractivity (Wildman–Crippen MR) is 117 cm³/mol. The summed E-state index contributed by atoms with van der Waals surface area (Å²) in [4.78, 5) is 11.1. The molecule has 0 aromatic heterocycles. The molecule has 10 atom stereocenters. The SMILES string of the molecule is COC(=O)CCCCCCCCO[C@H]1O[C@H](CO)[C@@H](O)[C@H](O[C@H]2O[C@H](CO)[C@@H](O)[C@H](O)[C@H]2O)[C@@H]1O. The first-order valence-corrected chi connectivity index (χ1v) is 12.0. The highest BCUT2D eigenvalue weighted by molar-refractivity contribution is 5.68. The molecule has 7 N–H and O–H groups in total. The first kappa shape index (κ1) is 30.3. The lowest BCUT2D eigenvalue weighted by Crippen LogP contribution is -2.64. The van der Waals surface area contributed by atoms with Gasteiger partial charge in [0, 0.05) is 13.0 Å². The molecule has 206 valence electrons. The van der Waals surface area contributed by atoms with Crippen molar-refractivity contribution in [3.8, 4) is 0 Å².